The first-order chi connectivity index (χ1) is 12.8. The summed E-state index contributed by atoms with van der Waals surface area (Å²) in [6.45, 7) is 1.73. The van der Waals surface area contributed by atoms with Crippen molar-refractivity contribution in [1.29, 1.82) is 0 Å². The molecule has 0 aliphatic carbocycles. The molecule has 1 aromatic heterocycles. The van der Waals surface area contributed by atoms with Crippen molar-refractivity contribution in [1.82, 2.24) is 15.1 Å². The zero-order valence-corrected chi connectivity index (χ0v) is 14.5. The second-order valence-electron chi connectivity index (χ2n) is 6.39. The largest absolute Gasteiger partial charge is 0.363 e. The highest BCUT2D eigenvalue weighted by atomic mass is 16.5. The van der Waals surface area contributed by atoms with Gasteiger partial charge in [0.25, 0.3) is 5.91 Å². The van der Waals surface area contributed by atoms with E-state index >= 15 is 0 Å². The Morgan fingerprint density at radius 2 is 1.92 bits per heavy atom. The first kappa shape index (κ1) is 16.5. The zero-order chi connectivity index (χ0) is 17.8. The molecule has 4 rings (SSSR count). The highest BCUT2D eigenvalue weighted by molar-refractivity contribution is 5.82. The van der Waals surface area contributed by atoms with E-state index < -0.39 is 6.10 Å². The zero-order valence-electron chi connectivity index (χ0n) is 14.5. The van der Waals surface area contributed by atoms with Gasteiger partial charge in [0.05, 0.1) is 13.2 Å². The smallest absolute Gasteiger partial charge is 0.254 e. The van der Waals surface area contributed by atoms with E-state index in [1.54, 1.807) is 6.20 Å². The van der Waals surface area contributed by atoms with Gasteiger partial charge in [-0.25, -0.2) is 0 Å². The maximum absolute atomic E-state index is 12.7. The Bertz CT molecular complexity index is 890. The van der Waals surface area contributed by atoms with Crippen molar-refractivity contribution >= 4 is 5.91 Å². The molecular formula is C21H21N3O2. The summed E-state index contributed by atoms with van der Waals surface area (Å²) in [5, 5.41) is 7.29. The van der Waals surface area contributed by atoms with Crippen LogP contribution in [0.5, 0.6) is 0 Å². The van der Waals surface area contributed by atoms with E-state index in [9.17, 15) is 4.79 Å². The van der Waals surface area contributed by atoms with Crippen LogP contribution in [0, 0.1) is 0 Å². The standard InChI is InChI=1S/C21H21N3O2/c25-21(20-19-9-4-3-6-16(19)10-13-26-20)22-14-17-7-1-2-8-18(17)15-24-12-5-11-23-24/h1-9,11-12,20H,10,13-15H2,(H,22,25)/t20-/m1/s1. The number of aromatic nitrogens is 2. The average molecular weight is 347 g/mol. The Morgan fingerprint density at radius 3 is 2.77 bits per heavy atom. The Labute approximate surface area is 152 Å². The second kappa shape index (κ2) is 7.54. The SMILES string of the molecule is O=C(NCc1ccccc1Cn1cccn1)[C@@H]1OCCc2ccccc21. The molecule has 2 heterocycles. The molecule has 1 atom stereocenters. The summed E-state index contributed by atoms with van der Waals surface area (Å²) >= 11 is 0. The van der Waals surface area contributed by atoms with Gasteiger partial charge in [-0.2, -0.15) is 5.10 Å². The predicted molar refractivity (Wildman–Crippen MR) is 98.5 cm³/mol. The van der Waals surface area contributed by atoms with E-state index in [1.807, 2.05) is 53.3 Å². The number of hydrogen-bond donors (Lipinski definition) is 1. The number of ether oxygens (including phenoxy) is 1. The van der Waals surface area contributed by atoms with E-state index in [4.69, 9.17) is 4.74 Å². The van der Waals surface area contributed by atoms with Crippen LogP contribution in [0.1, 0.15) is 28.4 Å². The van der Waals surface area contributed by atoms with Crippen molar-refractivity contribution in [2.24, 2.45) is 0 Å². The predicted octanol–water partition coefficient (Wildman–Crippen LogP) is 2.86. The molecule has 0 fully saturated rings. The fourth-order valence-corrected chi connectivity index (χ4v) is 3.34. The Morgan fingerprint density at radius 1 is 1.12 bits per heavy atom. The molecule has 0 spiro atoms. The normalized spacial score (nSPS) is 16.1. The third kappa shape index (κ3) is 3.53. The van der Waals surface area contributed by atoms with E-state index in [0.717, 1.165) is 23.1 Å². The van der Waals surface area contributed by atoms with Gasteiger partial charge in [-0.15, -0.1) is 0 Å². The Kier molecular flexibility index (Phi) is 4.80. The van der Waals surface area contributed by atoms with Crippen LogP contribution in [-0.4, -0.2) is 22.3 Å². The summed E-state index contributed by atoms with van der Waals surface area (Å²) < 4.78 is 7.62. The molecule has 0 saturated heterocycles. The lowest BCUT2D eigenvalue weighted by molar-refractivity contribution is -0.134. The topological polar surface area (TPSA) is 56.2 Å². The quantitative estimate of drug-likeness (QED) is 0.772. The maximum atomic E-state index is 12.7. The van der Waals surface area contributed by atoms with Gasteiger partial charge in [0.1, 0.15) is 0 Å². The van der Waals surface area contributed by atoms with Gasteiger partial charge in [0, 0.05) is 18.9 Å². The van der Waals surface area contributed by atoms with Gasteiger partial charge in [0.15, 0.2) is 6.10 Å². The second-order valence-corrected chi connectivity index (χ2v) is 6.39. The third-order valence-corrected chi connectivity index (χ3v) is 4.69. The van der Waals surface area contributed by atoms with Gasteiger partial charge in [-0.1, -0.05) is 48.5 Å². The highest BCUT2D eigenvalue weighted by Gasteiger charge is 2.26. The highest BCUT2D eigenvalue weighted by Crippen LogP contribution is 2.27. The first-order valence-corrected chi connectivity index (χ1v) is 8.82. The molecule has 26 heavy (non-hydrogen) atoms. The molecule has 1 N–H and O–H groups in total. The van der Waals surface area contributed by atoms with Crippen LogP contribution >= 0.6 is 0 Å². The van der Waals surface area contributed by atoms with Crippen molar-refractivity contribution in [2.45, 2.75) is 25.6 Å². The van der Waals surface area contributed by atoms with Crippen LogP contribution in [-0.2, 0) is 29.0 Å². The lowest BCUT2D eigenvalue weighted by Gasteiger charge is -2.25. The fourth-order valence-electron chi connectivity index (χ4n) is 3.34. The number of nitrogens with zero attached hydrogens (tertiary/aromatic N) is 2. The van der Waals surface area contributed by atoms with Crippen molar-refractivity contribution in [3.63, 3.8) is 0 Å². The molecule has 0 bridgehead atoms. The van der Waals surface area contributed by atoms with E-state index in [1.165, 1.54) is 5.56 Å². The molecule has 2 aromatic carbocycles. The summed E-state index contributed by atoms with van der Waals surface area (Å²) in [7, 11) is 0. The van der Waals surface area contributed by atoms with Crippen LogP contribution in [0.15, 0.2) is 67.0 Å². The van der Waals surface area contributed by atoms with Gasteiger partial charge < -0.3 is 10.1 Å². The minimum atomic E-state index is -0.529. The van der Waals surface area contributed by atoms with E-state index in [-0.39, 0.29) is 5.91 Å². The Hall–Kier alpha value is -2.92. The minimum absolute atomic E-state index is 0.0916. The molecule has 132 valence electrons. The number of carbonyl (C=O) groups is 1. The summed E-state index contributed by atoms with van der Waals surface area (Å²) in [5.41, 5.74) is 4.39. The number of amides is 1. The number of nitrogens with one attached hydrogen (secondary N) is 1. The monoisotopic (exact) mass is 347 g/mol. The van der Waals surface area contributed by atoms with Crippen LogP contribution in [0.25, 0.3) is 0 Å². The fraction of sp³-hybridized carbons (Fsp3) is 0.238. The third-order valence-electron chi connectivity index (χ3n) is 4.69. The molecule has 3 aromatic rings. The van der Waals surface area contributed by atoms with Gasteiger partial charge in [-0.05, 0) is 34.7 Å². The van der Waals surface area contributed by atoms with Crippen LogP contribution in [0.4, 0.5) is 0 Å². The van der Waals surface area contributed by atoms with Crippen LogP contribution in [0.2, 0.25) is 0 Å². The lowest BCUT2D eigenvalue weighted by Crippen LogP contribution is -2.33. The molecule has 1 amide bonds. The summed E-state index contributed by atoms with van der Waals surface area (Å²) in [6, 6.07) is 18.0. The van der Waals surface area contributed by atoms with Crippen molar-refractivity contribution in [2.75, 3.05) is 6.61 Å². The van der Waals surface area contributed by atoms with Crippen molar-refractivity contribution in [3.05, 3.63) is 89.2 Å². The molecule has 1 aliphatic rings. The molecule has 5 nitrogen and oxygen atoms in total. The Balaban J connectivity index is 1.46. The molecule has 5 heteroatoms. The number of fused-ring (bicyclic) bond motifs is 1. The number of benzene rings is 2. The van der Waals surface area contributed by atoms with Crippen molar-refractivity contribution < 1.29 is 9.53 Å². The number of hydrogen-bond acceptors (Lipinski definition) is 3. The van der Waals surface area contributed by atoms with Crippen LogP contribution < -0.4 is 5.32 Å². The maximum Gasteiger partial charge on any atom is 0.254 e. The van der Waals surface area contributed by atoms with Gasteiger partial charge in [-0.3, -0.25) is 9.48 Å². The number of rotatable bonds is 5. The van der Waals surface area contributed by atoms with Gasteiger partial charge in [0.2, 0.25) is 0 Å². The summed E-state index contributed by atoms with van der Waals surface area (Å²) in [5.74, 6) is -0.0916. The molecule has 1 aliphatic heterocycles. The molecule has 0 saturated carbocycles. The summed E-state index contributed by atoms with van der Waals surface area (Å²) in [6.07, 6.45) is 4.02. The first-order valence-electron chi connectivity index (χ1n) is 8.82. The van der Waals surface area contributed by atoms with E-state index in [0.29, 0.717) is 19.7 Å². The molecular weight excluding hydrogens is 326 g/mol. The van der Waals surface area contributed by atoms with Crippen LogP contribution in [0.3, 0.4) is 0 Å². The minimum Gasteiger partial charge on any atom is -0.363 e. The van der Waals surface area contributed by atoms with Gasteiger partial charge >= 0.3 is 0 Å². The average Bonchev–Trinajstić information content (AvgIpc) is 3.20. The molecule has 0 unspecified atom stereocenters. The lowest BCUT2D eigenvalue weighted by atomic mass is 9.97. The van der Waals surface area contributed by atoms with Crippen molar-refractivity contribution in [3.8, 4) is 0 Å². The van der Waals surface area contributed by atoms with E-state index in [2.05, 4.69) is 22.5 Å². The molecule has 0 radical (unpaired) electrons. The number of carbonyl (C=O) groups excluding carboxylic acids is 1. The summed E-state index contributed by atoms with van der Waals surface area (Å²) in [4.78, 5) is 12.7.